The molecule has 2 atom stereocenters. The number of likely N-dealkylation sites (N-methyl/N-ethyl adjacent to an activating group) is 1. The number of quaternary nitrogens is 1. The maximum absolute atomic E-state index is 12.8. The van der Waals surface area contributed by atoms with Gasteiger partial charge in [0, 0.05) is 12.8 Å². The van der Waals surface area contributed by atoms with Gasteiger partial charge in [-0.3, -0.25) is 9.59 Å². The molecule has 62 heavy (non-hydrogen) atoms. The molecule has 9 nitrogen and oxygen atoms in total. The third-order valence-corrected chi connectivity index (χ3v) is 10.5. The maximum atomic E-state index is 12.8. The van der Waals surface area contributed by atoms with E-state index in [0.717, 1.165) is 77.0 Å². The number of hydrogen-bond donors (Lipinski definition) is 0. The van der Waals surface area contributed by atoms with E-state index < -0.39 is 24.3 Å². The third-order valence-electron chi connectivity index (χ3n) is 10.5. The highest BCUT2D eigenvalue weighted by Gasteiger charge is 2.21. The Kier molecular flexibility index (Phi) is 42.4. The van der Waals surface area contributed by atoms with E-state index >= 15 is 0 Å². The molecule has 0 radical (unpaired) electrons. The lowest BCUT2D eigenvalue weighted by Crippen LogP contribution is -2.44. The molecule has 9 heteroatoms. The second kappa shape index (κ2) is 44.6. The van der Waals surface area contributed by atoms with Crippen LogP contribution in [-0.4, -0.2) is 82.3 Å². The molecule has 0 bridgehead atoms. The van der Waals surface area contributed by atoms with E-state index in [1.54, 1.807) is 0 Å². The Hall–Kier alpha value is -3.01. The minimum atomic E-state index is -1.62. The molecule has 0 spiro atoms. The Bertz CT molecular complexity index is 1200. The van der Waals surface area contributed by atoms with Crippen LogP contribution in [-0.2, 0) is 33.3 Å². The first-order valence-electron chi connectivity index (χ1n) is 24.9. The van der Waals surface area contributed by atoms with Crippen molar-refractivity contribution in [2.45, 2.75) is 212 Å². The molecule has 0 aliphatic rings. The SMILES string of the molecule is CC/C=C\C/C=C\C/C=C\C/C=C\C/C=C\CCCCCCCCCCCC(=O)OC(COC(=O)CCCCCCCCCCCCCC)COC(OCC[N+](C)(C)C)C(=O)[O-]. The van der Waals surface area contributed by atoms with Gasteiger partial charge in [-0.25, -0.2) is 0 Å². The highest BCUT2D eigenvalue weighted by molar-refractivity contribution is 5.70. The highest BCUT2D eigenvalue weighted by atomic mass is 16.7. The van der Waals surface area contributed by atoms with Gasteiger partial charge in [0.15, 0.2) is 12.4 Å². The van der Waals surface area contributed by atoms with Crippen molar-refractivity contribution in [2.75, 3.05) is 47.5 Å². The first kappa shape index (κ1) is 59.0. The Morgan fingerprint density at radius 1 is 0.500 bits per heavy atom. The zero-order valence-electron chi connectivity index (χ0n) is 40.5. The topological polar surface area (TPSA) is 111 Å². The summed E-state index contributed by atoms with van der Waals surface area (Å²) in [6, 6.07) is 0. The zero-order valence-corrected chi connectivity index (χ0v) is 40.5. The fraction of sp³-hybridized carbons (Fsp3) is 0.755. The number of nitrogens with zero attached hydrogens (tertiary/aromatic N) is 1. The minimum absolute atomic E-state index is 0.145. The van der Waals surface area contributed by atoms with Gasteiger partial charge in [-0.2, -0.15) is 0 Å². The van der Waals surface area contributed by atoms with Gasteiger partial charge in [-0.1, -0.05) is 190 Å². The molecule has 0 aromatic carbocycles. The standard InChI is InChI=1S/C53H93NO8/c1-6-8-10-12-14-16-18-20-21-22-23-24-25-26-27-28-29-30-31-32-34-36-38-40-42-44-51(56)62-49(48-61-53(52(57)58)59-46-45-54(3,4)5)47-60-50(55)43-41-39-37-35-33-19-17-15-13-11-9-7-2/h8,10,14,16,20-21,23-24,26-27,49,53H,6-7,9,11-13,15,17-19,22,25,28-48H2,1-5H3/b10-8-,16-14-,21-20-,24-23-,27-26-. The Labute approximate surface area is 380 Å². The van der Waals surface area contributed by atoms with Crippen molar-refractivity contribution < 1.29 is 42.9 Å². The molecular weight excluding hydrogens is 779 g/mol. The van der Waals surface area contributed by atoms with Crippen LogP contribution in [0.4, 0.5) is 0 Å². The van der Waals surface area contributed by atoms with Crippen LogP contribution in [0.1, 0.15) is 200 Å². The van der Waals surface area contributed by atoms with Crippen LogP contribution in [0.15, 0.2) is 60.8 Å². The van der Waals surface area contributed by atoms with E-state index in [4.69, 9.17) is 18.9 Å². The first-order chi connectivity index (χ1) is 30.1. The molecule has 0 saturated carbocycles. The molecule has 0 rings (SSSR count). The number of ether oxygens (including phenoxy) is 4. The average molecular weight is 872 g/mol. The van der Waals surface area contributed by atoms with E-state index in [-0.39, 0.29) is 32.2 Å². The molecule has 0 fully saturated rings. The number of hydrogen-bond acceptors (Lipinski definition) is 8. The summed E-state index contributed by atoms with van der Waals surface area (Å²) >= 11 is 0. The summed E-state index contributed by atoms with van der Waals surface area (Å²) in [7, 11) is 5.91. The van der Waals surface area contributed by atoms with Gasteiger partial charge in [0.2, 0.25) is 0 Å². The molecule has 0 heterocycles. The number of carboxylic acids is 1. The summed E-state index contributed by atoms with van der Waals surface area (Å²) < 4.78 is 22.6. The number of aliphatic carboxylic acids is 1. The summed E-state index contributed by atoms with van der Waals surface area (Å²) in [6.07, 6.45) is 51.1. The van der Waals surface area contributed by atoms with E-state index in [1.807, 2.05) is 21.1 Å². The van der Waals surface area contributed by atoms with E-state index in [2.05, 4.69) is 74.6 Å². The summed E-state index contributed by atoms with van der Waals surface area (Å²) in [5, 5.41) is 11.7. The lowest BCUT2D eigenvalue weighted by Gasteiger charge is -2.26. The Morgan fingerprint density at radius 3 is 1.37 bits per heavy atom. The fourth-order valence-electron chi connectivity index (χ4n) is 6.68. The van der Waals surface area contributed by atoms with Gasteiger partial charge in [0.05, 0.1) is 40.3 Å². The summed E-state index contributed by atoms with van der Waals surface area (Å²) in [4.78, 5) is 37.1. The predicted molar refractivity (Wildman–Crippen MR) is 255 cm³/mol. The quantitative estimate of drug-likeness (QED) is 0.0196. The first-order valence-corrected chi connectivity index (χ1v) is 24.9. The van der Waals surface area contributed by atoms with Crippen molar-refractivity contribution in [3.05, 3.63) is 60.8 Å². The van der Waals surface area contributed by atoms with Crippen molar-refractivity contribution in [3.63, 3.8) is 0 Å². The number of unbranched alkanes of at least 4 members (excludes halogenated alkanes) is 20. The summed E-state index contributed by atoms with van der Waals surface area (Å²) in [6.45, 7) is 4.62. The van der Waals surface area contributed by atoms with Gasteiger partial charge in [0.25, 0.3) is 0 Å². The van der Waals surface area contributed by atoms with Gasteiger partial charge in [0.1, 0.15) is 13.2 Å². The Morgan fingerprint density at radius 2 is 0.919 bits per heavy atom. The molecule has 0 aromatic heterocycles. The molecule has 358 valence electrons. The van der Waals surface area contributed by atoms with Gasteiger partial charge in [-0.05, 0) is 57.8 Å². The van der Waals surface area contributed by atoms with Crippen LogP contribution in [0.25, 0.3) is 0 Å². The van der Waals surface area contributed by atoms with Gasteiger partial charge < -0.3 is 33.3 Å². The van der Waals surface area contributed by atoms with Gasteiger partial charge >= 0.3 is 11.9 Å². The molecule has 0 N–H and O–H groups in total. The van der Waals surface area contributed by atoms with Crippen LogP contribution >= 0.6 is 0 Å². The van der Waals surface area contributed by atoms with E-state index in [9.17, 15) is 19.5 Å². The van der Waals surface area contributed by atoms with Crippen LogP contribution in [0.5, 0.6) is 0 Å². The van der Waals surface area contributed by atoms with Gasteiger partial charge in [-0.15, -0.1) is 0 Å². The molecule has 0 aliphatic carbocycles. The van der Waals surface area contributed by atoms with Crippen LogP contribution in [0.3, 0.4) is 0 Å². The normalized spacial score (nSPS) is 13.4. The molecule has 0 aromatic rings. The largest absolute Gasteiger partial charge is 0.545 e. The van der Waals surface area contributed by atoms with Crippen LogP contribution in [0, 0.1) is 0 Å². The third kappa shape index (κ3) is 45.0. The van der Waals surface area contributed by atoms with Crippen molar-refractivity contribution in [1.82, 2.24) is 0 Å². The lowest BCUT2D eigenvalue weighted by atomic mass is 10.0. The average Bonchev–Trinajstić information content (AvgIpc) is 3.23. The molecule has 2 unspecified atom stereocenters. The maximum Gasteiger partial charge on any atom is 0.306 e. The predicted octanol–water partition coefficient (Wildman–Crippen LogP) is 12.4. The van der Waals surface area contributed by atoms with Crippen molar-refractivity contribution in [1.29, 1.82) is 0 Å². The van der Waals surface area contributed by atoms with Crippen molar-refractivity contribution >= 4 is 17.9 Å². The number of carbonyl (C=O) groups excluding carboxylic acids is 3. The smallest absolute Gasteiger partial charge is 0.306 e. The van der Waals surface area contributed by atoms with Crippen molar-refractivity contribution in [3.8, 4) is 0 Å². The Balaban J connectivity index is 4.31. The number of esters is 2. The van der Waals surface area contributed by atoms with E-state index in [1.165, 1.54) is 89.9 Å². The van der Waals surface area contributed by atoms with Crippen molar-refractivity contribution in [2.24, 2.45) is 0 Å². The minimum Gasteiger partial charge on any atom is -0.545 e. The number of carboxylic acid groups (broad SMARTS) is 1. The molecule has 0 saturated heterocycles. The monoisotopic (exact) mass is 872 g/mol. The second-order valence-electron chi connectivity index (χ2n) is 17.7. The highest BCUT2D eigenvalue weighted by Crippen LogP contribution is 2.15. The number of carbonyl (C=O) groups is 3. The summed E-state index contributed by atoms with van der Waals surface area (Å²) in [5.41, 5.74) is 0. The number of allylic oxidation sites excluding steroid dienone is 10. The summed E-state index contributed by atoms with van der Waals surface area (Å²) in [5.74, 6) is -2.29. The second-order valence-corrected chi connectivity index (χ2v) is 17.7. The molecular formula is C53H93NO8. The zero-order chi connectivity index (χ0) is 45.6. The fourth-order valence-corrected chi connectivity index (χ4v) is 6.68. The molecule has 0 aliphatic heterocycles. The van der Waals surface area contributed by atoms with E-state index in [0.29, 0.717) is 23.9 Å². The number of rotatable bonds is 45. The van der Waals surface area contributed by atoms with Crippen LogP contribution in [0.2, 0.25) is 0 Å². The molecule has 0 amide bonds. The lowest BCUT2D eigenvalue weighted by molar-refractivity contribution is -0.870. The van der Waals surface area contributed by atoms with Crippen LogP contribution < -0.4 is 5.11 Å².